The summed E-state index contributed by atoms with van der Waals surface area (Å²) >= 11 is 0. The molecule has 1 unspecified atom stereocenters. The predicted octanol–water partition coefficient (Wildman–Crippen LogP) is 5.97. The van der Waals surface area contributed by atoms with Gasteiger partial charge in [0.1, 0.15) is 0 Å². The van der Waals surface area contributed by atoms with E-state index in [4.69, 9.17) is 0 Å². The third kappa shape index (κ3) is 1.90. The SMILES string of the molecule is CC(C)C1CCCCP1(C(C)C)(C(C)C)C(C)C. The molecular formula is C17H37P. The summed E-state index contributed by atoms with van der Waals surface area (Å²) in [5.74, 6) is 0.871. The van der Waals surface area contributed by atoms with E-state index in [-0.39, 0.29) is 0 Å². The normalized spacial score (nSPS) is 29.8. The van der Waals surface area contributed by atoms with E-state index in [1.54, 1.807) is 6.16 Å². The summed E-state index contributed by atoms with van der Waals surface area (Å²) in [5, 5.41) is 0. The number of hydrogen-bond donors (Lipinski definition) is 0. The topological polar surface area (TPSA) is 0 Å². The molecule has 0 aromatic carbocycles. The molecule has 1 heterocycles. The molecule has 0 saturated carbocycles. The molecule has 18 heavy (non-hydrogen) atoms. The molecule has 0 amide bonds. The summed E-state index contributed by atoms with van der Waals surface area (Å²) in [6, 6.07) is 0. The van der Waals surface area contributed by atoms with Crippen LogP contribution in [0.4, 0.5) is 0 Å². The fourth-order valence-corrected chi connectivity index (χ4v) is 17.1. The van der Waals surface area contributed by atoms with Gasteiger partial charge < -0.3 is 0 Å². The van der Waals surface area contributed by atoms with E-state index in [1.165, 1.54) is 19.3 Å². The van der Waals surface area contributed by atoms with Crippen molar-refractivity contribution < 1.29 is 0 Å². The van der Waals surface area contributed by atoms with Crippen LogP contribution in [-0.2, 0) is 0 Å². The molecule has 0 bridgehead atoms. The van der Waals surface area contributed by atoms with E-state index in [2.05, 4.69) is 55.4 Å². The van der Waals surface area contributed by atoms with Crippen molar-refractivity contribution in [1.29, 1.82) is 0 Å². The van der Waals surface area contributed by atoms with Crippen molar-refractivity contribution in [3.63, 3.8) is 0 Å². The van der Waals surface area contributed by atoms with Gasteiger partial charge in [-0.15, -0.1) is 0 Å². The molecule has 1 saturated heterocycles. The van der Waals surface area contributed by atoms with Crippen molar-refractivity contribution in [3.05, 3.63) is 0 Å². The van der Waals surface area contributed by atoms with E-state index in [0.29, 0.717) is 0 Å². The van der Waals surface area contributed by atoms with Crippen LogP contribution in [0.3, 0.4) is 0 Å². The van der Waals surface area contributed by atoms with Crippen molar-refractivity contribution >= 4 is 6.60 Å². The van der Waals surface area contributed by atoms with Gasteiger partial charge in [0.05, 0.1) is 0 Å². The molecule has 0 aliphatic carbocycles. The van der Waals surface area contributed by atoms with Crippen molar-refractivity contribution in [2.45, 2.75) is 97.3 Å². The van der Waals surface area contributed by atoms with Crippen LogP contribution in [0.25, 0.3) is 0 Å². The molecular weight excluding hydrogens is 235 g/mol. The van der Waals surface area contributed by atoms with Gasteiger partial charge >= 0.3 is 116 Å². The Kier molecular flexibility index (Phi) is 4.97. The first kappa shape index (κ1) is 16.5. The van der Waals surface area contributed by atoms with Crippen LogP contribution < -0.4 is 0 Å². The van der Waals surface area contributed by atoms with Crippen LogP contribution in [0.5, 0.6) is 0 Å². The zero-order valence-electron chi connectivity index (χ0n) is 14.2. The third-order valence-corrected chi connectivity index (χ3v) is 18.2. The van der Waals surface area contributed by atoms with Gasteiger partial charge in [-0.05, 0) is 0 Å². The molecule has 1 atom stereocenters. The molecule has 1 aliphatic heterocycles. The fourth-order valence-electron chi connectivity index (χ4n) is 6.08. The van der Waals surface area contributed by atoms with Crippen LogP contribution in [-0.4, -0.2) is 28.8 Å². The van der Waals surface area contributed by atoms with Gasteiger partial charge in [-0.3, -0.25) is 0 Å². The van der Waals surface area contributed by atoms with E-state index in [0.717, 1.165) is 28.6 Å². The van der Waals surface area contributed by atoms with Gasteiger partial charge in [-0.2, -0.15) is 0 Å². The Bertz CT molecular complexity index is 251. The monoisotopic (exact) mass is 272 g/mol. The van der Waals surface area contributed by atoms with Crippen LogP contribution in [0, 0.1) is 5.92 Å². The molecule has 0 N–H and O–H groups in total. The summed E-state index contributed by atoms with van der Waals surface area (Å²) in [4.78, 5) is 0. The Morgan fingerprint density at radius 1 is 0.722 bits per heavy atom. The van der Waals surface area contributed by atoms with Crippen molar-refractivity contribution in [3.8, 4) is 0 Å². The van der Waals surface area contributed by atoms with Crippen LogP contribution >= 0.6 is 6.60 Å². The van der Waals surface area contributed by atoms with Gasteiger partial charge in [0, 0.05) is 0 Å². The standard InChI is InChI=1S/C17H37P/c1-13(2)17-11-9-10-12-18(17,14(3)4,15(5)6)16(7)8/h13-17H,9-12H2,1-8H3. The summed E-state index contributed by atoms with van der Waals surface area (Å²) in [5.41, 5.74) is 3.74. The van der Waals surface area contributed by atoms with Gasteiger partial charge in [0.15, 0.2) is 0 Å². The fraction of sp³-hybridized carbons (Fsp3) is 1.00. The molecule has 1 fully saturated rings. The second-order valence-electron chi connectivity index (χ2n) is 7.94. The van der Waals surface area contributed by atoms with Gasteiger partial charge in [0.25, 0.3) is 0 Å². The molecule has 0 aromatic heterocycles. The van der Waals surface area contributed by atoms with Gasteiger partial charge in [0.2, 0.25) is 0 Å². The number of rotatable bonds is 4. The summed E-state index contributed by atoms with van der Waals surface area (Å²) in [6.45, 7) is 18.7. The summed E-state index contributed by atoms with van der Waals surface area (Å²) < 4.78 is 0. The van der Waals surface area contributed by atoms with Crippen LogP contribution in [0.2, 0.25) is 0 Å². The van der Waals surface area contributed by atoms with E-state index in [1.807, 2.05) is 0 Å². The minimum atomic E-state index is -1.65. The van der Waals surface area contributed by atoms with Gasteiger partial charge in [-0.1, -0.05) is 0 Å². The second-order valence-corrected chi connectivity index (χ2v) is 15.4. The zero-order valence-corrected chi connectivity index (χ0v) is 15.1. The summed E-state index contributed by atoms with van der Waals surface area (Å²) in [6.07, 6.45) is 6.05. The molecule has 1 aliphatic rings. The quantitative estimate of drug-likeness (QED) is 0.553. The van der Waals surface area contributed by atoms with E-state index < -0.39 is 6.60 Å². The van der Waals surface area contributed by atoms with Crippen LogP contribution in [0.1, 0.15) is 74.7 Å². The van der Waals surface area contributed by atoms with Crippen molar-refractivity contribution in [1.82, 2.24) is 0 Å². The zero-order chi connectivity index (χ0) is 14.2. The minimum absolute atomic E-state index is 0.871. The first-order valence-corrected chi connectivity index (χ1v) is 10.9. The maximum absolute atomic E-state index is 2.55. The van der Waals surface area contributed by atoms with Crippen LogP contribution in [0.15, 0.2) is 0 Å². The molecule has 0 nitrogen and oxygen atoms in total. The average molecular weight is 272 g/mol. The molecule has 110 valence electrons. The molecule has 1 heteroatoms. The van der Waals surface area contributed by atoms with Crippen molar-refractivity contribution in [2.75, 3.05) is 6.16 Å². The van der Waals surface area contributed by atoms with E-state index >= 15 is 0 Å². The Morgan fingerprint density at radius 2 is 1.17 bits per heavy atom. The first-order valence-electron chi connectivity index (χ1n) is 8.21. The second kappa shape index (κ2) is 5.43. The number of hydrogen-bond acceptors (Lipinski definition) is 0. The third-order valence-electron chi connectivity index (χ3n) is 6.78. The first-order chi connectivity index (χ1) is 8.21. The molecule has 0 radical (unpaired) electrons. The van der Waals surface area contributed by atoms with E-state index in [9.17, 15) is 0 Å². The Balaban J connectivity index is 3.49. The molecule has 0 aromatic rings. The Morgan fingerprint density at radius 3 is 1.44 bits per heavy atom. The van der Waals surface area contributed by atoms with Gasteiger partial charge in [-0.25, -0.2) is 0 Å². The summed E-state index contributed by atoms with van der Waals surface area (Å²) in [7, 11) is 0. The average Bonchev–Trinajstić information content (AvgIpc) is 2.27. The van der Waals surface area contributed by atoms with Crippen molar-refractivity contribution in [2.24, 2.45) is 5.92 Å². The maximum atomic E-state index is 2.55. The molecule has 0 spiro atoms. The Labute approximate surface area is 116 Å². The Hall–Kier alpha value is 0.430. The predicted molar refractivity (Wildman–Crippen MR) is 89.7 cm³/mol. The molecule has 1 rings (SSSR count).